The van der Waals surface area contributed by atoms with Gasteiger partial charge in [-0.25, -0.2) is 0 Å². The van der Waals surface area contributed by atoms with Crippen LogP contribution < -0.4 is 0 Å². The van der Waals surface area contributed by atoms with Gasteiger partial charge in [0.1, 0.15) is 5.75 Å². The largest absolute Gasteiger partial charge is 0.508 e. The Morgan fingerprint density at radius 3 is 2.45 bits per heavy atom. The molecule has 0 bridgehead atoms. The summed E-state index contributed by atoms with van der Waals surface area (Å²) in [5.41, 5.74) is 0.546. The van der Waals surface area contributed by atoms with Gasteiger partial charge in [-0.15, -0.1) is 5.11 Å². The standard InChI is InChI=1S/C7H5N3O/c8-5-9-10-6-1-3-7(11)4-2-6/h1-4,11H. The van der Waals surface area contributed by atoms with E-state index in [0.29, 0.717) is 5.69 Å². The highest BCUT2D eigenvalue weighted by atomic mass is 16.3. The van der Waals surface area contributed by atoms with Gasteiger partial charge in [0.25, 0.3) is 0 Å². The number of nitrogens with zero attached hydrogens (tertiary/aromatic N) is 3. The smallest absolute Gasteiger partial charge is 0.226 e. The van der Waals surface area contributed by atoms with Gasteiger partial charge < -0.3 is 5.11 Å². The van der Waals surface area contributed by atoms with E-state index >= 15 is 0 Å². The topological polar surface area (TPSA) is 68.7 Å². The maximum absolute atomic E-state index is 8.84. The van der Waals surface area contributed by atoms with E-state index in [1.54, 1.807) is 12.1 Å². The third kappa shape index (κ3) is 2.06. The third-order valence-corrected chi connectivity index (χ3v) is 1.06. The maximum atomic E-state index is 8.84. The molecule has 0 aromatic heterocycles. The number of azo groups is 1. The summed E-state index contributed by atoms with van der Waals surface area (Å²) in [5, 5.41) is 23.5. The number of hydrogen-bond donors (Lipinski definition) is 1. The van der Waals surface area contributed by atoms with E-state index in [4.69, 9.17) is 10.4 Å². The molecule has 0 aliphatic carbocycles. The van der Waals surface area contributed by atoms with E-state index in [1.807, 2.05) is 0 Å². The lowest BCUT2D eigenvalue weighted by Gasteiger charge is -1.89. The van der Waals surface area contributed by atoms with Crippen molar-refractivity contribution in [2.24, 2.45) is 10.2 Å². The van der Waals surface area contributed by atoms with E-state index < -0.39 is 0 Å². The van der Waals surface area contributed by atoms with Crippen molar-refractivity contribution in [1.82, 2.24) is 0 Å². The van der Waals surface area contributed by atoms with Crippen LogP contribution in [0.5, 0.6) is 5.75 Å². The zero-order valence-corrected chi connectivity index (χ0v) is 5.60. The molecule has 4 nitrogen and oxygen atoms in total. The molecule has 0 aliphatic heterocycles. The normalized spacial score (nSPS) is 9.73. The molecule has 0 atom stereocenters. The summed E-state index contributed by atoms with van der Waals surface area (Å²) in [5.74, 6) is 0.168. The van der Waals surface area contributed by atoms with Crippen LogP contribution in [0.25, 0.3) is 0 Å². The molecule has 1 N–H and O–H groups in total. The Hall–Kier alpha value is -1.89. The average molecular weight is 147 g/mol. The Kier molecular flexibility index (Phi) is 2.18. The first-order valence-electron chi connectivity index (χ1n) is 2.92. The third-order valence-electron chi connectivity index (χ3n) is 1.06. The Morgan fingerprint density at radius 1 is 1.27 bits per heavy atom. The molecule has 1 rings (SSSR count). The highest BCUT2D eigenvalue weighted by Crippen LogP contribution is 2.16. The highest BCUT2D eigenvalue weighted by molar-refractivity contribution is 5.39. The summed E-state index contributed by atoms with van der Waals surface area (Å²) in [7, 11) is 0. The fourth-order valence-corrected chi connectivity index (χ4v) is 0.599. The first-order chi connectivity index (χ1) is 5.33. The van der Waals surface area contributed by atoms with Crippen molar-refractivity contribution in [1.29, 1.82) is 5.26 Å². The molecular formula is C7H5N3O. The van der Waals surface area contributed by atoms with Crippen LogP contribution in [0.2, 0.25) is 0 Å². The van der Waals surface area contributed by atoms with E-state index in [1.165, 1.54) is 18.3 Å². The Balaban J connectivity index is 2.84. The van der Waals surface area contributed by atoms with Gasteiger partial charge in [-0.2, -0.15) is 5.26 Å². The van der Waals surface area contributed by atoms with Gasteiger partial charge in [0, 0.05) is 0 Å². The van der Waals surface area contributed by atoms with Gasteiger partial charge >= 0.3 is 0 Å². The Labute approximate surface area is 63.4 Å². The molecule has 1 aromatic carbocycles. The minimum absolute atomic E-state index is 0.168. The zero-order chi connectivity index (χ0) is 8.10. The van der Waals surface area contributed by atoms with Crippen LogP contribution >= 0.6 is 0 Å². The molecule has 1 aromatic rings. The fourth-order valence-electron chi connectivity index (χ4n) is 0.599. The summed E-state index contributed by atoms with van der Waals surface area (Å²) in [6.45, 7) is 0. The van der Waals surface area contributed by atoms with Crippen molar-refractivity contribution in [3.8, 4) is 11.9 Å². The van der Waals surface area contributed by atoms with E-state index in [0.717, 1.165) is 0 Å². The van der Waals surface area contributed by atoms with Gasteiger partial charge in [0.2, 0.25) is 6.19 Å². The van der Waals surface area contributed by atoms with E-state index in [-0.39, 0.29) is 5.75 Å². The summed E-state index contributed by atoms with van der Waals surface area (Å²) in [4.78, 5) is 0. The molecule has 0 heterocycles. The van der Waals surface area contributed by atoms with Crippen molar-refractivity contribution in [3.05, 3.63) is 24.3 Å². The number of phenolic OH excluding ortho intramolecular Hbond substituents is 1. The van der Waals surface area contributed by atoms with Gasteiger partial charge in [0.15, 0.2) is 0 Å². The lowest BCUT2D eigenvalue weighted by atomic mass is 10.3. The van der Waals surface area contributed by atoms with Gasteiger partial charge in [-0.3, -0.25) is 0 Å². The first kappa shape index (κ1) is 7.22. The van der Waals surface area contributed by atoms with Crippen LogP contribution in [0.1, 0.15) is 0 Å². The lowest BCUT2D eigenvalue weighted by Crippen LogP contribution is -1.62. The monoisotopic (exact) mass is 147 g/mol. The van der Waals surface area contributed by atoms with Crippen molar-refractivity contribution < 1.29 is 5.11 Å². The maximum Gasteiger partial charge on any atom is 0.226 e. The van der Waals surface area contributed by atoms with Gasteiger partial charge in [-0.1, -0.05) is 5.11 Å². The summed E-state index contributed by atoms with van der Waals surface area (Å²) in [6.07, 6.45) is 1.53. The molecule has 11 heavy (non-hydrogen) atoms. The molecule has 0 aliphatic rings. The summed E-state index contributed by atoms with van der Waals surface area (Å²) in [6, 6.07) is 6.09. The molecule has 0 spiro atoms. The SMILES string of the molecule is N#CN=Nc1ccc(O)cc1. The highest BCUT2D eigenvalue weighted by Gasteiger charge is 1.87. The van der Waals surface area contributed by atoms with Gasteiger partial charge in [0.05, 0.1) is 5.69 Å². The molecular weight excluding hydrogens is 142 g/mol. The van der Waals surface area contributed by atoms with Crippen LogP contribution in [-0.4, -0.2) is 5.11 Å². The minimum atomic E-state index is 0.168. The predicted octanol–water partition coefficient (Wildman–Crippen LogP) is 1.96. The minimum Gasteiger partial charge on any atom is -0.508 e. The zero-order valence-electron chi connectivity index (χ0n) is 5.60. The summed E-state index contributed by atoms with van der Waals surface area (Å²) < 4.78 is 0. The first-order valence-corrected chi connectivity index (χ1v) is 2.92. The molecule has 0 saturated heterocycles. The Bertz CT molecular complexity index is 296. The molecule has 0 unspecified atom stereocenters. The second-order valence-corrected chi connectivity index (χ2v) is 1.82. The average Bonchev–Trinajstić information content (AvgIpc) is 2.04. The van der Waals surface area contributed by atoms with Crippen molar-refractivity contribution in [3.63, 3.8) is 0 Å². The van der Waals surface area contributed by atoms with Crippen molar-refractivity contribution in [2.45, 2.75) is 0 Å². The number of aromatic hydroxyl groups is 1. The van der Waals surface area contributed by atoms with Crippen LogP contribution in [0, 0.1) is 11.5 Å². The molecule has 0 amide bonds. The van der Waals surface area contributed by atoms with Crippen LogP contribution in [-0.2, 0) is 0 Å². The quantitative estimate of drug-likeness (QED) is 0.487. The molecule has 0 radical (unpaired) electrons. The lowest BCUT2D eigenvalue weighted by molar-refractivity contribution is 0.475. The number of nitriles is 1. The second-order valence-electron chi connectivity index (χ2n) is 1.82. The molecule has 4 heteroatoms. The second kappa shape index (κ2) is 3.32. The number of rotatable bonds is 1. The number of hydrogen-bond acceptors (Lipinski definition) is 4. The van der Waals surface area contributed by atoms with Crippen LogP contribution in [0.4, 0.5) is 5.69 Å². The van der Waals surface area contributed by atoms with Gasteiger partial charge in [-0.05, 0) is 24.3 Å². The van der Waals surface area contributed by atoms with E-state index in [2.05, 4.69) is 10.2 Å². The molecule has 0 saturated carbocycles. The Morgan fingerprint density at radius 2 is 1.91 bits per heavy atom. The predicted molar refractivity (Wildman–Crippen MR) is 38.2 cm³/mol. The van der Waals surface area contributed by atoms with Crippen molar-refractivity contribution in [2.75, 3.05) is 0 Å². The number of phenols is 1. The summed E-state index contributed by atoms with van der Waals surface area (Å²) >= 11 is 0. The van der Waals surface area contributed by atoms with Crippen LogP contribution in [0.3, 0.4) is 0 Å². The molecule has 54 valence electrons. The van der Waals surface area contributed by atoms with Crippen molar-refractivity contribution >= 4 is 5.69 Å². The fraction of sp³-hybridized carbons (Fsp3) is 0. The molecule has 0 fully saturated rings. The van der Waals surface area contributed by atoms with E-state index in [9.17, 15) is 0 Å². The number of benzene rings is 1. The van der Waals surface area contributed by atoms with Crippen LogP contribution in [0.15, 0.2) is 34.5 Å².